The smallest absolute Gasteiger partial charge is 0 e. The molecule has 0 aliphatic heterocycles. The van der Waals surface area contributed by atoms with Crippen molar-refractivity contribution in [2.24, 2.45) is 0 Å². The van der Waals surface area contributed by atoms with Crippen LogP contribution < -0.4 is 10.6 Å². The molecular formula is C30H27Fe3IP-5. The van der Waals surface area contributed by atoms with E-state index in [4.69, 9.17) is 0 Å². The molecule has 0 unspecified atom stereocenters. The molecule has 5 aromatic rings. The molecule has 1 aliphatic rings. The van der Waals surface area contributed by atoms with Gasteiger partial charge in [-0.25, -0.2) is 60.7 Å². The third kappa shape index (κ3) is 11.2. The summed E-state index contributed by atoms with van der Waals surface area (Å²) in [5.41, 5.74) is 0. The molecule has 0 radical (unpaired) electrons. The van der Waals surface area contributed by atoms with Gasteiger partial charge in [-0.05, 0) is 5.29 Å². The summed E-state index contributed by atoms with van der Waals surface area (Å²) < 4.78 is -1.41. The van der Waals surface area contributed by atoms with Gasteiger partial charge in [-0.1, -0.05) is 50.9 Å². The molecule has 0 amide bonds. The van der Waals surface area contributed by atoms with E-state index in [0.717, 1.165) is 0 Å². The van der Waals surface area contributed by atoms with Crippen LogP contribution >= 0.6 is 26.6 Å². The molecule has 6 rings (SSSR count). The van der Waals surface area contributed by atoms with Crippen LogP contribution in [0.2, 0.25) is 0 Å². The molecule has 188 valence electrons. The summed E-state index contributed by atoms with van der Waals surface area (Å²) in [7, 11) is 0. The van der Waals surface area contributed by atoms with Crippen LogP contribution in [-0.4, -0.2) is 5.29 Å². The van der Waals surface area contributed by atoms with Crippen molar-refractivity contribution >= 4 is 42.5 Å². The molecule has 0 heterocycles. The van der Waals surface area contributed by atoms with E-state index in [9.17, 15) is 0 Å². The maximum absolute atomic E-state index is 2.67. The van der Waals surface area contributed by atoms with Crippen molar-refractivity contribution in [1.29, 1.82) is 0 Å². The van der Waals surface area contributed by atoms with Gasteiger partial charge in [0.25, 0.3) is 0 Å². The molecule has 0 nitrogen and oxygen atoms in total. The van der Waals surface area contributed by atoms with Crippen LogP contribution in [0.3, 0.4) is 0 Å². The van der Waals surface area contributed by atoms with Gasteiger partial charge in [0.1, 0.15) is 0 Å². The Balaban J connectivity index is 0.000000529. The van der Waals surface area contributed by atoms with Gasteiger partial charge in [0, 0.05) is 51.2 Å². The Bertz CT molecular complexity index is 995. The first-order valence-electron chi connectivity index (χ1n) is 10.6. The zero-order valence-electron chi connectivity index (χ0n) is 19.0. The Morgan fingerprint density at radius 2 is 0.771 bits per heavy atom. The van der Waals surface area contributed by atoms with Gasteiger partial charge >= 0.3 is 0 Å². The molecule has 0 spiro atoms. The van der Waals surface area contributed by atoms with E-state index in [1.807, 2.05) is 91.0 Å². The second-order valence-corrected chi connectivity index (χ2v) is 14.0. The standard InChI is InChI=1S/C15H12IP.3C5H5.3Fe/c16-17(13-7-1-2-8-13,14-9-3-4-10-14)15-11-5-6-12-15;3*1-2-4-5-3-1;;;/h1-12H;3*1-5H;;;/q-2;3*-1;;;. The first-order valence-corrected chi connectivity index (χ1v) is 15.1. The first kappa shape index (κ1) is 33.8. The Labute approximate surface area is 255 Å². The fourth-order valence-corrected chi connectivity index (χ4v) is 8.66. The van der Waals surface area contributed by atoms with E-state index in [1.165, 1.54) is 15.9 Å². The van der Waals surface area contributed by atoms with Gasteiger partial charge in [0.15, 0.2) is 0 Å². The van der Waals surface area contributed by atoms with Crippen molar-refractivity contribution in [3.8, 4) is 0 Å². The van der Waals surface area contributed by atoms with Gasteiger partial charge in [-0.2, -0.15) is 78.9 Å². The molecule has 0 saturated heterocycles. The summed E-state index contributed by atoms with van der Waals surface area (Å²) in [6.07, 6.45) is 8.77. The normalized spacial score (nSPS) is 10.6. The van der Waals surface area contributed by atoms with Gasteiger partial charge in [-0.3, -0.25) is 0 Å². The van der Waals surface area contributed by atoms with Crippen LogP contribution in [0.4, 0.5) is 0 Å². The second kappa shape index (κ2) is 19.9. The Morgan fingerprint density at radius 1 is 0.486 bits per heavy atom. The fraction of sp³-hybridized carbons (Fsp3) is 0. The van der Waals surface area contributed by atoms with Crippen LogP contribution in [0.5, 0.6) is 0 Å². The van der Waals surface area contributed by atoms with Crippen LogP contribution in [0.25, 0.3) is 0 Å². The Morgan fingerprint density at radius 3 is 1.00 bits per heavy atom. The van der Waals surface area contributed by atoms with E-state index in [0.29, 0.717) is 0 Å². The van der Waals surface area contributed by atoms with Crippen LogP contribution in [0.15, 0.2) is 164 Å². The molecule has 5 aromatic carbocycles. The number of allylic oxidation sites excluding steroid dienone is 4. The number of rotatable bonds is 2. The summed E-state index contributed by atoms with van der Waals surface area (Å²) in [5, 5.41) is 4.36. The Hall–Kier alpha value is -1.18. The van der Waals surface area contributed by atoms with E-state index in [1.54, 1.807) is 0 Å². The maximum Gasteiger partial charge on any atom is 0 e. The van der Waals surface area contributed by atoms with Crippen LogP contribution in [0, 0.1) is 0 Å². The summed E-state index contributed by atoms with van der Waals surface area (Å²) in [4.78, 5) is 0. The molecule has 1 aliphatic carbocycles. The molecule has 0 aromatic heterocycles. The molecule has 0 fully saturated rings. The number of halogens is 1. The van der Waals surface area contributed by atoms with Gasteiger partial charge in [-0.15, -0.1) is 10.6 Å². The topological polar surface area (TPSA) is 0 Å². The largest absolute Gasteiger partial charge is 0.214 e. The molecule has 5 heteroatoms. The van der Waals surface area contributed by atoms with Crippen molar-refractivity contribution in [1.82, 2.24) is 0 Å². The van der Waals surface area contributed by atoms with E-state index >= 15 is 0 Å². The average Bonchev–Trinajstić information content (AvgIpc) is 3.74. The number of hydrogen-bond acceptors (Lipinski definition) is 0. The first-order chi connectivity index (χ1) is 15.8. The monoisotopic (exact) mass is 713 g/mol. The minimum absolute atomic E-state index is 0. The zero-order valence-corrected chi connectivity index (χ0v) is 25.3. The minimum atomic E-state index is -1.41. The minimum Gasteiger partial charge on any atom is -0.214 e. The molecule has 35 heavy (non-hydrogen) atoms. The summed E-state index contributed by atoms with van der Waals surface area (Å²) in [6.45, 7) is 0. The van der Waals surface area contributed by atoms with E-state index in [-0.39, 0.29) is 51.2 Å². The van der Waals surface area contributed by atoms with Gasteiger partial charge in [0.05, 0.1) is 0 Å². The molecule has 0 N–H and O–H groups in total. The predicted molar refractivity (Wildman–Crippen MR) is 154 cm³/mol. The Kier molecular flexibility index (Phi) is 19.3. The molecular weight excluding hydrogens is 686 g/mol. The van der Waals surface area contributed by atoms with Crippen molar-refractivity contribution in [2.75, 3.05) is 0 Å². The predicted octanol–water partition coefficient (Wildman–Crippen LogP) is 7.95. The molecule has 0 bridgehead atoms. The third-order valence-electron chi connectivity index (χ3n) is 4.67. The van der Waals surface area contributed by atoms with Gasteiger partial charge < -0.3 is 0 Å². The van der Waals surface area contributed by atoms with E-state index < -0.39 is 4.53 Å². The van der Waals surface area contributed by atoms with Crippen LogP contribution in [-0.2, 0) is 51.2 Å². The molecule has 0 saturated carbocycles. The van der Waals surface area contributed by atoms with Gasteiger partial charge in [0.2, 0.25) is 0 Å². The maximum atomic E-state index is 2.67. The van der Waals surface area contributed by atoms with Crippen LogP contribution in [0.1, 0.15) is 0 Å². The van der Waals surface area contributed by atoms with E-state index in [2.05, 4.69) is 94.9 Å². The summed E-state index contributed by atoms with van der Waals surface area (Å²) in [5.74, 6) is 0. The molecule has 0 atom stereocenters. The zero-order chi connectivity index (χ0) is 22.3. The number of hydrogen-bond donors (Lipinski definition) is 0. The second-order valence-electron chi connectivity index (χ2n) is 6.91. The summed E-state index contributed by atoms with van der Waals surface area (Å²) >= 11 is 2.67. The SMILES string of the molecule is IP(=C1C=CC=C1)([c-]1cccc1)[c-]1cccc1.[Fe].[Fe].[Fe].c1cc[cH-]c1.c1cc[cH-]c1.c1cc[cH-]c1. The quantitative estimate of drug-likeness (QED) is 0.0755. The van der Waals surface area contributed by atoms with Crippen molar-refractivity contribution in [2.45, 2.75) is 0 Å². The van der Waals surface area contributed by atoms with Crippen molar-refractivity contribution in [3.05, 3.63) is 164 Å². The third-order valence-corrected chi connectivity index (χ3v) is 12.7. The van der Waals surface area contributed by atoms with Crippen molar-refractivity contribution in [3.63, 3.8) is 0 Å². The summed E-state index contributed by atoms with van der Waals surface area (Å²) in [6, 6.07) is 47.5. The van der Waals surface area contributed by atoms with Crippen molar-refractivity contribution < 1.29 is 51.2 Å². The average molecular weight is 713 g/mol. The fourth-order valence-electron chi connectivity index (χ4n) is 3.12.